The van der Waals surface area contributed by atoms with E-state index < -0.39 is 10.0 Å². The molecule has 29 heavy (non-hydrogen) atoms. The van der Waals surface area contributed by atoms with E-state index >= 15 is 0 Å². The molecule has 2 amide bonds. The molecule has 7 nitrogen and oxygen atoms in total. The van der Waals surface area contributed by atoms with Crippen molar-refractivity contribution in [3.05, 3.63) is 35.9 Å². The highest BCUT2D eigenvalue weighted by atomic mass is 32.2. The molecule has 0 bridgehead atoms. The molecule has 0 aromatic heterocycles. The van der Waals surface area contributed by atoms with Crippen molar-refractivity contribution in [1.82, 2.24) is 14.5 Å². The SMILES string of the molecule is O=C(CN1CCCCS1(=O)=O)N1C[C@@H](NC(=O)C23CC2C3)[C@H](c2ccccc2)C1. The van der Waals surface area contributed by atoms with Crippen LogP contribution >= 0.6 is 0 Å². The van der Waals surface area contributed by atoms with Gasteiger partial charge in [-0.2, -0.15) is 4.31 Å². The van der Waals surface area contributed by atoms with E-state index in [-0.39, 0.29) is 41.5 Å². The molecule has 1 N–H and O–H groups in total. The van der Waals surface area contributed by atoms with Crippen LogP contribution in [0.5, 0.6) is 0 Å². The molecule has 2 aliphatic carbocycles. The highest BCUT2D eigenvalue weighted by Crippen LogP contribution is 2.75. The lowest BCUT2D eigenvalue weighted by atomic mass is 9.94. The lowest BCUT2D eigenvalue weighted by Gasteiger charge is -2.27. The average Bonchev–Trinajstić information content (AvgIpc) is 3.53. The molecule has 2 saturated heterocycles. The summed E-state index contributed by atoms with van der Waals surface area (Å²) in [5.41, 5.74) is 0.986. The lowest BCUT2D eigenvalue weighted by molar-refractivity contribution is -0.131. The summed E-state index contributed by atoms with van der Waals surface area (Å²) in [6, 6.07) is 9.81. The van der Waals surface area contributed by atoms with E-state index in [9.17, 15) is 18.0 Å². The molecule has 2 heterocycles. The van der Waals surface area contributed by atoms with Crippen LogP contribution in [0.15, 0.2) is 30.3 Å². The number of carbonyl (C=O) groups excluding carboxylic acids is 2. The van der Waals surface area contributed by atoms with Gasteiger partial charge < -0.3 is 10.2 Å². The van der Waals surface area contributed by atoms with Crippen molar-refractivity contribution in [2.45, 2.75) is 37.6 Å². The van der Waals surface area contributed by atoms with Crippen LogP contribution in [0, 0.1) is 11.3 Å². The van der Waals surface area contributed by atoms with Crippen LogP contribution in [0.2, 0.25) is 0 Å². The van der Waals surface area contributed by atoms with Crippen LogP contribution in [0.3, 0.4) is 0 Å². The number of carbonyl (C=O) groups is 2. The van der Waals surface area contributed by atoms with Crippen molar-refractivity contribution in [2.75, 3.05) is 31.9 Å². The number of sulfonamides is 1. The van der Waals surface area contributed by atoms with Crippen LogP contribution in [0.1, 0.15) is 37.2 Å². The number of amides is 2. The van der Waals surface area contributed by atoms with Gasteiger partial charge >= 0.3 is 0 Å². The van der Waals surface area contributed by atoms with E-state index in [1.54, 1.807) is 4.90 Å². The van der Waals surface area contributed by atoms with Gasteiger partial charge in [-0.05, 0) is 37.2 Å². The third-order valence-corrected chi connectivity index (χ3v) is 9.02. The zero-order chi connectivity index (χ0) is 20.2. The summed E-state index contributed by atoms with van der Waals surface area (Å²) < 4.78 is 25.8. The Labute approximate surface area is 171 Å². The summed E-state index contributed by atoms with van der Waals surface area (Å²) in [6.07, 6.45) is 3.44. The molecule has 1 aromatic rings. The van der Waals surface area contributed by atoms with Gasteiger partial charge in [-0.25, -0.2) is 8.42 Å². The fourth-order valence-corrected chi connectivity index (χ4v) is 6.39. The molecule has 0 spiro atoms. The first-order valence-electron chi connectivity index (χ1n) is 10.5. The Hall–Kier alpha value is -1.93. The van der Waals surface area contributed by atoms with Crippen LogP contribution in [0.4, 0.5) is 0 Å². The monoisotopic (exact) mass is 417 g/mol. The maximum atomic E-state index is 12.9. The molecule has 2 aliphatic heterocycles. The van der Waals surface area contributed by atoms with Gasteiger partial charge in [-0.15, -0.1) is 0 Å². The summed E-state index contributed by atoms with van der Waals surface area (Å²) >= 11 is 0. The zero-order valence-electron chi connectivity index (χ0n) is 16.4. The predicted molar refractivity (Wildman–Crippen MR) is 107 cm³/mol. The van der Waals surface area contributed by atoms with Crippen molar-refractivity contribution < 1.29 is 18.0 Å². The Bertz CT molecular complexity index is 927. The number of likely N-dealkylation sites (tertiary alicyclic amines) is 1. The second kappa shape index (κ2) is 6.80. The van der Waals surface area contributed by atoms with Crippen molar-refractivity contribution >= 4 is 21.8 Å². The van der Waals surface area contributed by atoms with E-state index in [2.05, 4.69) is 5.32 Å². The van der Waals surface area contributed by atoms with E-state index in [0.717, 1.165) is 24.8 Å². The Kier molecular flexibility index (Phi) is 4.47. The molecule has 0 radical (unpaired) electrons. The van der Waals surface area contributed by atoms with Crippen molar-refractivity contribution in [1.29, 1.82) is 0 Å². The van der Waals surface area contributed by atoms with Gasteiger partial charge in [0.15, 0.2) is 0 Å². The fourth-order valence-electron chi connectivity index (χ4n) is 4.85. The van der Waals surface area contributed by atoms with Gasteiger partial charge in [-0.3, -0.25) is 9.59 Å². The highest BCUT2D eigenvalue weighted by molar-refractivity contribution is 7.89. The van der Waals surface area contributed by atoms with Gasteiger partial charge in [0.25, 0.3) is 0 Å². The third kappa shape index (κ3) is 3.46. The van der Waals surface area contributed by atoms with Crippen molar-refractivity contribution in [3.63, 3.8) is 0 Å². The van der Waals surface area contributed by atoms with Gasteiger partial charge in [-0.1, -0.05) is 30.3 Å². The number of nitrogens with one attached hydrogen (secondary N) is 1. The first-order valence-corrected chi connectivity index (χ1v) is 12.1. The minimum Gasteiger partial charge on any atom is -0.350 e. The third-order valence-electron chi connectivity index (χ3n) is 7.12. The Morgan fingerprint density at radius 3 is 2.48 bits per heavy atom. The van der Waals surface area contributed by atoms with Gasteiger partial charge in [0.2, 0.25) is 21.8 Å². The summed E-state index contributed by atoms with van der Waals surface area (Å²) in [4.78, 5) is 27.3. The first-order chi connectivity index (χ1) is 13.9. The smallest absolute Gasteiger partial charge is 0.237 e. The summed E-state index contributed by atoms with van der Waals surface area (Å²) in [5, 5.41) is 3.21. The summed E-state index contributed by atoms with van der Waals surface area (Å²) in [5.74, 6) is 0.661. The van der Waals surface area contributed by atoms with Gasteiger partial charge in [0.1, 0.15) is 0 Å². The second-order valence-electron chi connectivity index (χ2n) is 9.01. The zero-order valence-corrected chi connectivity index (χ0v) is 17.2. The number of fused-ring (bicyclic) bond motifs is 1. The molecule has 1 aromatic carbocycles. The van der Waals surface area contributed by atoms with E-state index in [0.29, 0.717) is 32.0 Å². The van der Waals surface area contributed by atoms with E-state index in [4.69, 9.17) is 0 Å². The molecule has 5 rings (SSSR count). The quantitative estimate of drug-likeness (QED) is 0.772. The molecular weight excluding hydrogens is 390 g/mol. The Morgan fingerprint density at radius 2 is 1.83 bits per heavy atom. The van der Waals surface area contributed by atoms with Gasteiger partial charge in [0.05, 0.1) is 23.8 Å². The van der Waals surface area contributed by atoms with E-state index in [1.807, 2.05) is 30.3 Å². The largest absolute Gasteiger partial charge is 0.350 e. The van der Waals surface area contributed by atoms with E-state index in [1.165, 1.54) is 4.31 Å². The molecule has 4 aliphatic rings. The number of hydrogen-bond acceptors (Lipinski definition) is 4. The molecule has 156 valence electrons. The first kappa shape index (κ1) is 19.1. The molecule has 0 unspecified atom stereocenters. The Morgan fingerprint density at radius 1 is 1.10 bits per heavy atom. The maximum absolute atomic E-state index is 12.9. The molecular formula is C21H27N3O4S. The normalized spacial score (nSPS) is 35.0. The number of rotatable bonds is 5. The molecule has 4 fully saturated rings. The highest BCUT2D eigenvalue weighted by Gasteiger charge is 2.74. The average molecular weight is 418 g/mol. The van der Waals surface area contributed by atoms with Crippen LogP contribution in [-0.4, -0.2) is 67.4 Å². The number of benzene rings is 1. The number of hydrogen-bond donors (Lipinski definition) is 1. The maximum Gasteiger partial charge on any atom is 0.237 e. The van der Waals surface area contributed by atoms with Crippen LogP contribution in [-0.2, 0) is 19.6 Å². The lowest BCUT2D eigenvalue weighted by Crippen LogP contribution is -2.46. The van der Waals surface area contributed by atoms with Crippen molar-refractivity contribution in [2.24, 2.45) is 11.3 Å². The topological polar surface area (TPSA) is 86.8 Å². The predicted octanol–water partition coefficient (Wildman–Crippen LogP) is 0.933. The molecule has 2 atom stereocenters. The van der Waals surface area contributed by atoms with Gasteiger partial charge in [0, 0.05) is 25.6 Å². The molecule has 2 saturated carbocycles. The minimum absolute atomic E-state index is 0.0226. The van der Waals surface area contributed by atoms with Crippen molar-refractivity contribution in [3.8, 4) is 0 Å². The van der Waals surface area contributed by atoms with Crippen LogP contribution in [0.25, 0.3) is 0 Å². The number of nitrogens with zero attached hydrogens (tertiary/aromatic N) is 2. The summed E-state index contributed by atoms with van der Waals surface area (Å²) in [6.45, 7) is 1.24. The fraction of sp³-hybridized carbons (Fsp3) is 0.619. The molecule has 8 heteroatoms. The summed E-state index contributed by atoms with van der Waals surface area (Å²) in [7, 11) is -3.34. The minimum atomic E-state index is -3.34. The standard InChI is InChI=1S/C21H27N3O4S/c25-19(14-24-8-4-5-9-29(24,27)28)23-12-17(15-6-2-1-3-7-15)18(13-23)22-20(26)21-10-16(21)11-21/h1-3,6-7,16-18H,4-5,8-14H2,(H,22,26)/t16?,17-,18+,21?/m0/s1. The van der Waals surface area contributed by atoms with Crippen LogP contribution < -0.4 is 5.32 Å². The second-order valence-corrected chi connectivity index (χ2v) is 11.1. The Balaban J connectivity index is 1.30.